The molecule has 1 fully saturated rings. The van der Waals surface area contributed by atoms with Gasteiger partial charge in [-0.25, -0.2) is 8.42 Å². The molecule has 2 unspecified atom stereocenters. The second-order valence-electron chi connectivity index (χ2n) is 5.49. The van der Waals surface area contributed by atoms with Gasteiger partial charge in [0.2, 0.25) is 0 Å². The third-order valence-corrected chi connectivity index (χ3v) is 6.25. The Hall–Kier alpha value is -1.07. The Morgan fingerprint density at radius 2 is 2.05 bits per heavy atom. The number of sulfone groups is 1. The van der Waals surface area contributed by atoms with Crippen LogP contribution in [0.15, 0.2) is 23.1 Å². The summed E-state index contributed by atoms with van der Waals surface area (Å²) in [4.78, 5) is 0.463. The first-order chi connectivity index (χ1) is 9.02. The molecule has 1 aromatic rings. The maximum atomic E-state index is 12.4. The highest BCUT2D eigenvalue weighted by Gasteiger charge is 2.38. The number of methoxy groups -OCH3 is 1. The lowest BCUT2D eigenvalue weighted by atomic mass is 10.0. The molecule has 1 heterocycles. The van der Waals surface area contributed by atoms with E-state index in [2.05, 4.69) is 5.32 Å². The molecule has 0 aromatic heterocycles. The van der Waals surface area contributed by atoms with Crippen molar-refractivity contribution in [3.8, 4) is 5.75 Å². The van der Waals surface area contributed by atoms with Gasteiger partial charge < -0.3 is 10.1 Å². The monoisotopic (exact) mass is 281 g/mol. The van der Waals surface area contributed by atoms with Gasteiger partial charge in [0.25, 0.3) is 0 Å². The minimum absolute atomic E-state index is 0.121. The van der Waals surface area contributed by atoms with Gasteiger partial charge in [-0.15, -0.1) is 0 Å². The zero-order valence-electron chi connectivity index (χ0n) is 11.2. The quantitative estimate of drug-likeness (QED) is 0.921. The molecule has 1 N–H and O–H groups in total. The summed E-state index contributed by atoms with van der Waals surface area (Å²) in [7, 11) is -1.59. The fourth-order valence-electron chi connectivity index (χ4n) is 2.68. The van der Waals surface area contributed by atoms with E-state index in [0.29, 0.717) is 23.1 Å². The Kier molecular flexibility index (Phi) is 3.06. The molecular formula is C14H19NO3S. The summed E-state index contributed by atoms with van der Waals surface area (Å²) in [5.74, 6) is 0.714. The van der Waals surface area contributed by atoms with E-state index in [4.69, 9.17) is 4.74 Å². The molecule has 5 heteroatoms. The van der Waals surface area contributed by atoms with Crippen LogP contribution in [0, 0.1) is 0 Å². The largest absolute Gasteiger partial charge is 0.497 e. The van der Waals surface area contributed by atoms with Crippen LogP contribution in [0.2, 0.25) is 0 Å². The Balaban J connectivity index is 2.07. The van der Waals surface area contributed by atoms with Crippen molar-refractivity contribution < 1.29 is 13.2 Å². The zero-order valence-corrected chi connectivity index (χ0v) is 12.0. The molecule has 2 atom stereocenters. The van der Waals surface area contributed by atoms with E-state index in [-0.39, 0.29) is 11.3 Å². The first kappa shape index (κ1) is 12.9. The van der Waals surface area contributed by atoms with Crippen molar-refractivity contribution in [3.05, 3.63) is 23.8 Å². The fraction of sp³-hybridized carbons (Fsp3) is 0.571. The lowest BCUT2D eigenvalue weighted by Crippen LogP contribution is -2.35. The highest BCUT2D eigenvalue weighted by atomic mass is 32.2. The number of ether oxygens (including phenoxy) is 1. The Labute approximate surface area is 114 Å². The molecule has 1 aromatic carbocycles. The molecule has 19 heavy (non-hydrogen) atoms. The summed E-state index contributed by atoms with van der Waals surface area (Å²) < 4.78 is 30.0. The minimum Gasteiger partial charge on any atom is -0.497 e. The molecule has 4 nitrogen and oxygen atoms in total. The number of nitrogens with one attached hydrogen (secondary N) is 1. The molecule has 0 amide bonds. The molecule has 0 saturated heterocycles. The van der Waals surface area contributed by atoms with Gasteiger partial charge in [0, 0.05) is 12.1 Å². The van der Waals surface area contributed by atoms with Crippen molar-refractivity contribution in [2.75, 3.05) is 7.11 Å². The number of hydrogen-bond acceptors (Lipinski definition) is 4. The molecule has 0 bridgehead atoms. The third kappa shape index (κ3) is 2.25. The summed E-state index contributed by atoms with van der Waals surface area (Å²) in [5.41, 5.74) is 0.865. The van der Waals surface area contributed by atoms with Crippen LogP contribution in [-0.2, 0) is 9.84 Å². The average Bonchev–Trinajstić information content (AvgIpc) is 3.19. The fourth-order valence-corrected chi connectivity index (χ4v) is 4.35. The average molecular weight is 281 g/mol. The van der Waals surface area contributed by atoms with Crippen molar-refractivity contribution in [3.63, 3.8) is 0 Å². The van der Waals surface area contributed by atoms with Crippen LogP contribution in [0.5, 0.6) is 5.75 Å². The summed E-state index contributed by atoms with van der Waals surface area (Å²) in [5, 5.41) is 3.22. The normalized spacial score (nSPS) is 28.7. The summed E-state index contributed by atoms with van der Waals surface area (Å²) in [6.07, 6.45) is 3.02. The van der Waals surface area contributed by atoms with Crippen LogP contribution >= 0.6 is 0 Å². The van der Waals surface area contributed by atoms with E-state index in [1.165, 1.54) is 12.8 Å². The minimum atomic E-state index is -3.19. The zero-order chi connectivity index (χ0) is 13.6. The first-order valence-corrected chi connectivity index (χ1v) is 8.25. The van der Waals surface area contributed by atoms with Crippen LogP contribution in [0.4, 0.5) is 0 Å². The maximum Gasteiger partial charge on any atom is 0.181 e. The topological polar surface area (TPSA) is 55.4 Å². The van der Waals surface area contributed by atoms with Crippen LogP contribution in [0.25, 0.3) is 0 Å². The predicted octanol–water partition coefficient (Wildman–Crippen LogP) is 2.05. The molecule has 2 aliphatic rings. The Bertz CT molecular complexity index is 593. The van der Waals surface area contributed by atoms with E-state index < -0.39 is 9.84 Å². The molecule has 1 aliphatic heterocycles. The van der Waals surface area contributed by atoms with Crippen molar-refractivity contribution in [1.82, 2.24) is 5.32 Å². The summed E-state index contributed by atoms with van der Waals surface area (Å²) in [6, 6.07) is 5.94. The highest BCUT2D eigenvalue weighted by Crippen LogP contribution is 2.39. The molecule has 0 radical (unpaired) electrons. The molecule has 1 aliphatic carbocycles. The number of benzene rings is 1. The van der Waals surface area contributed by atoms with Crippen molar-refractivity contribution in [2.24, 2.45) is 0 Å². The Morgan fingerprint density at radius 3 is 2.68 bits per heavy atom. The van der Waals surface area contributed by atoms with Gasteiger partial charge in [-0.3, -0.25) is 0 Å². The van der Waals surface area contributed by atoms with Crippen LogP contribution in [0.3, 0.4) is 0 Å². The second kappa shape index (κ2) is 4.49. The molecule has 104 valence electrons. The number of fused-ring (bicyclic) bond motifs is 1. The van der Waals surface area contributed by atoms with E-state index in [0.717, 1.165) is 5.56 Å². The highest BCUT2D eigenvalue weighted by molar-refractivity contribution is 7.92. The molecule has 3 rings (SSSR count). The third-order valence-electron chi connectivity index (χ3n) is 4.01. The number of rotatable bonds is 3. The van der Waals surface area contributed by atoms with E-state index >= 15 is 0 Å². The van der Waals surface area contributed by atoms with Crippen molar-refractivity contribution in [1.29, 1.82) is 0 Å². The van der Waals surface area contributed by atoms with Gasteiger partial charge >= 0.3 is 0 Å². The second-order valence-corrected chi connectivity index (χ2v) is 7.82. The van der Waals surface area contributed by atoms with Gasteiger partial charge in [-0.1, -0.05) is 0 Å². The van der Waals surface area contributed by atoms with Gasteiger partial charge in [0.1, 0.15) is 5.75 Å². The van der Waals surface area contributed by atoms with Gasteiger partial charge in [0.05, 0.1) is 17.3 Å². The van der Waals surface area contributed by atoms with Gasteiger partial charge in [-0.2, -0.15) is 0 Å². The molecule has 0 spiro atoms. The lowest BCUT2D eigenvalue weighted by molar-refractivity contribution is 0.409. The van der Waals surface area contributed by atoms with Crippen LogP contribution < -0.4 is 10.1 Å². The smallest absolute Gasteiger partial charge is 0.181 e. The Morgan fingerprint density at radius 1 is 1.32 bits per heavy atom. The molecular weight excluding hydrogens is 262 g/mol. The van der Waals surface area contributed by atoms with E-state index in [9.17, 15) is 8.42 Å². The predicted molar refractivity (Wildman–Crippen MR) is 73.2 cm³/mol. The first-order valence-electron chi connectivity index (χ1n) is 6.70. The lowest BCUT2D eigenvalue weighted by Gasteiger charge is -2.30. The van der Waals surface area contributed by atoms with Gasteiger partial charge in [0.15, 0.2) is 9.84 Å². The number of hydrogen-bond donors (Lipinski definition) is 1. The molecule has 1 saturated carbocycles. The van der Waals surface area contributed by atoms with E-state index in [1.54, 1.807) is 26.2 Å². The van der Waals surface area contributed by atoms with Crippen LogP contribution in [0.1, 0.15) is 37.8 Å². The standard InChI is InChI=1S/C14H19NO3S/c1-9-7-13(15-10-3-4-10)12-8-11(18-2)5-6-14(12)19(9,16)17/h5-6,8-10,13,15H,3-4,7H2,1-2H3. The summed E-state index contributed by atoms with van der Waals surface area (Å²) in [6.45, 7) is 1.80. The summed E-state index contributed by atoms with van der Waals surface area (Å²) >= 11 is 0. The van der Waals surface area contributed by atoms with Crippen molar-refractivity contribution in [2.45, 2.75) is 48.4 Å². The van der Waals surface area contributed by atoms with Crippen LogP contribution in [-0.4, -0.2) is 26.8 Å². The SMILES string of the molecule is COc1ccc2c(c1)C(NC1CC1)CC(C)S2(=O)=O. The maximum absolute atomic E-state index is 12.4. The van der Waals surface area contributed by atoms with Gasteiger partial charge in [-0.05, 0) is 49.9 Å². The van der Waals surface area contributed by atoms with E-state index in [1.807, 2.05) is 6.07 Å². The van der Waals surface area contributed by atoms with Crippen molar-refractivity contribution >= 4 is 9.84 Å².